The summed E-state index contributed by atoms with van der Waals surface area (Å²) in [4.78, 5) is 11.5. The number of hydrogen-bond donors (Lipinski definition) is 0. The van der Waals surface area contributed by atoms with E-state index in [2.05, 4.69) is 23.3 Å². The summed E-state index contributed by atoms with van der Waals surface area (Å²) >= 11 is 5.97. The SMILES string of the molecule is COCC1C(C/C=C(/C)CC(=O)OC)=Cc2cc(Oc3ccn(-c4ccc(Cl)cc4)n3)ccc21. The minimum atomic E-state index is -0.230. The smallest absolute Gasteiger partial charge is 0.309 e. The van der Waals surface area contributed by atoms with Gasteiger partial charge in [-0.15, -0.1) is 5.10 Å². The molecule has 4 rings (SSSR count). The Bertz CT molecular complexity index is 1230. The number of benzene rings is 2. The average molecular weight is 479 g/mol. The molecule has 1 unspecified atom stereocenters. The van der Waals surface area contributed by atoms with Crippen LogP contribution in [0.1, 0.15) is 36.8 Å². The Hall–Kier alpha value is -3.35. The Kier molecular flexibility index (Phi) is 7.50. The molecule has 34 heavy (non-hydrogen) atoms. The normalized spacial score (nSPS) is 15.1. The van der Waals surface area contributed by atoms with Crippen LogP contribution in [-0.2, 0) is 14.3 Å². The molecule has 6 nitrogen and oxygen atoms in total. The molecule has 3 aromatic rings. The van der Waals surface area contributed by atoms with E-state index in [0.29, 0.717) is 29.7 Å². The molecule has 0 saturated heterocycles. The number of halogens is 1. The first-order chi connectivity index (χ1) is 16.5. The predicted octanol–water partition coefficient (Wildman–Crippen LogP) is 6.34. The van der Waals surface area contributed by atoms with Crippen LogP contribution in [0.2, 0.25) is 5.02 Å². The number of allylic oxidation sites excluding steroid dienone is 1. The molecule has 1 heterocycles. The van der Waals surface area contributed by atoms with E-state index in [4.69, 9.17) is 25.8 Å². The lowest BCUT2D eigenvalue weighted by Gasteiger charge is -2.15. The van der Waals surface area contributed by atoms with E-state index in [1.807, 2.05) is 55.6 Å². The fraction of sp³-hybridized carbons (Fsp3) is 0.259. The van der Waals surface area contributed by atoms with Crippen molar-refractivity contribution in [3.8, 4) is 17.3 Å². The third-order valence-corrected chi connectivity index (χ3v) is 6.02. The lowest BCUT2D eigenvalue weighted by molar-refractivity contribution is -0.139. The van der Waals surface area contributed by atoms with E-state index in [1.54, 1.807) is 11.8 Å². The fourth-order valence-corrected chi connectivity index (χ4v) is 4.13. The Labute approximate surface area is 204 Å². The van der Waals surface area contributed by atoms with E-state index < -0.39 is 0 Å². The average Bonchev–Trinajstić information content (AvgIpc) is 3.43. The van der Waals surface area contributed by atoms with Gasteiger partial charge < -0.3 is 14.2 Å². The van der Waals surface area contributed by atoms with Crippen LogP contribution < -0.4 is 4.74 Å². The summed E-state index contributed by atoms with van der Waals surface area (Å²) in [6.07, 6.45) is 7.15. The van der Waals surface area contributed by atoms with E-state index in [-0.39, 0.29) is 11.9 Å². The van der Waals surface area contributed by atoms with Gasteiger partial charge in [-0.2, -0.15) is 0 Å². The van der Waals surface area contributed by atoms with Crippen molar-refractivity contribution < 1.29 is 19.0 Å². The van der Waals surface area contributed by atoms with Crippen molar-refractivity contribution in [3.05, 3.63) is 88.1 Å². The lowest BCUT2D eigenvalue weighted by Crippen LogP contribution is -2.06. The highest BCUT2D eigenvalue weighted by Gasteiger charge is 2.25. The maximum atomic E-state index is 11.5. The number of nitrogens with zero attached hydrogens (tertiary/aromatic N) is 2. The van der Waals surface area contributed by atoms with Gasteiger partial charge in [0.2, 0.25) is 5.88 Å². The molecule has 1 aromatic heterocycles. The van der Waals surface area contributed by atoms with E-state index in [1.165, 1.54) is 18.2 Å². The second kappa shape index (κ2) is 10.7. The van der Waals surface area contributed by atoms with E-state index in [0.717, 1.165) is 23.2 Å². The van der Waals surface area contributed by atoms with Gasteiger partial charge in [-0.25, -0.2) is 4.68 Å². The molecule has 0 radical (unpaired) electrons. The lowest BCUT2D eigenvalue weighted by atomic mass is 9.94. The van der Waals surface area contributed by atoms with Crippen molar-refractivity contribution >= 4 is 23.6 Å². The Morgan fingerprint density at radius 3 is 2.68 bits per heavy atom. The summed E-state index contributed by atoms with van der Waals surface area (Å²) in [6.45, 7) is 2.54. The van der Waals surface area contributed by atoms with Crippen LogP contribution in [0.15, 0.2) is 72.0 Å². The van der Waals surface area contributed by atoms with Crippen molar-refractivity contribution in [3.63, 3.8) is 0 Å². The Morgan fingerprint density at radius 1 is 1.15 bits per heavy atom. The molecule has 1 aliphatic carbocycles. The molecule has 1 aliphatic rings. The summed E-state index contributed by atoms with van der Waals surface area (Å²) in [7, 11) is 3.12. The van der Waals surface area contributed by atoms with Crippen LogP contribution in [0.25, 0.3) is 11.8 Å². The maximum absolute atomic E-state index is 11.5. The molecule has 0 spiro atoms. The van der Waals surface area contributed by atoms with Crippen LogP contribution >= 0.6 is 11.6 Å². The standard InChI is InChI=1S/C27H27ClN2O4/c1-18(14-27(31)33-3)4-5-19-15-20-16-23(10-11-24(20)25(19)17-32-2)34-26-12-13-30(29-26)22-8-6-21(28)7-9-22/h4,6-13,15-16,25H,5,14,17H2,1-3H3/b18-4-. The number of methoxy groups -OCH3 is 2. The van der Waals surface area contributed by atoms with Gasteiger partial charge in [0.15, 0.2) is 0 Å². The topological polar surface area (TPSA) is 62.6 Å². The number of aromatic nitrogens is 2. The minimum Gasteiger partial charge on any atom is -0.469 e. The number of carbonyl (C=O) groups is 1. The van der Waals surface area contributed by atoms with Crippen molar-refractivity contribution in [2.45, 2.75) is 25.7 Å². The molecule has 0 aliphatic heterocycles. The molecule has 2 aromatic carbocycles. The van der Waals surface area contributed by atoms with E-state index >= 15 is 0 Å². The zero-order chi connectivity index (χ0) is 24.1. The summed E-state index contributed by atoms with van der Waals surface area (Å²) in [5.74, 6) is 1.16. The molecule has 0 bridgehead atoms. The molecule has 0 amide bonds. The molecule has 0 saturated carbocycles. The van der Waals surface area contributed by atoms with Crippen LogP contribution in [-0.4, -0.2) is 36.6 Å². The van der Waals surface area contributed by atoms with Gasteiger partial charge in [-0.05, 0) is 60.9 Å². The van der Waals surface area contributed by atoms with Crippen LogP contribution in [0.3, 0.4) is 0 Å². The van der Waals surface area contributed by atoms with E-state index in [9.17, 15) is 4.79 Å². The van der Waals surface area contributed by atoms with Gasteiger partial charge >= 0.3 is 5.97 Å². The van der Waals surface area contributed by atoms with Crippen molar-refractivity contribution in [1.82, 2.24) is 9.78 Å². The largest absolute Gasteiger partial charge is 0.469 e. The van der Waals surface area contributed by atoms with Crippen LogP contribution in [0, 0.1) is 0 Å². The molecular weight excluding hydrogens is 452 g/mol. The summed E-state index contributed by atoms with van der Waals surface area (Å²) < 4.78 is 18.0. The second-order valence-corrected chi connectivity index (χ2v) is 8.64. The molecule has 0 fully saturated rings. The molecule has 176 valence electrons. The number of esters is 1. The first kappa shape index (κ1) is 23.8. The zero-order valence-corrected chi connectivity index (χ0v) is 20.2. The number of fused-ring (bicyclic) bond motifs is 1. The number of rotatable bonds is 9. The predicted molar refractivity (Wildman–Crippen MR) is 133 cm³/mol. The van der Waals surface area contributed by atoms with Crippen molar-refractivity contribution in [2.24, 2.45) is 0 Å². The molecule has 7 heteroatoms. The Balaban J connectivity index is 1.50. The highest BCUT2D eigenvalue weighted by molar-refractivity contribution is 6.30. The molecular formula is C27H27ClN2O4. The van der Waals surface area contributed by atoms with Gasteiger partial charge in [0.05, 0.1) is 25.8 Å². The highest BCUT2D eigenvalue weighted by atomic mass is 35.5. The number of hydrogen-bond acceptors (Lipinski definition) is 5. The van der Waals surface area contributed by atoms with Gasteiger partial charge in [0.1, 0.15) is 5.75 Å². The number of ether oxygens (including phenoxy) is 3. The highest BCUT2D eigenvalue weighted by Crippen LogP contribution is 2.40. The first-order valence-corrected chi connectivity index (χ1v) is 11.4. The summed E-state index contributed by atoms with van der Waals surface area (Å²) in [5.41, 5.74) is 5.43. The fourth-order valence-electron chi connectivity index (χ4n) is 4.01. The first-order valence-electron chi connectivity index (χ1n) is 11.0. The zero-order valence-electron chi connectivity index (χ0n) is 19.5. The second-order valence-electron chi connectivity index (χ2n) is 8.20. The van der Waals surface area contributed by atoms with Gasteiger partial charge in [-0.1, -0.05) is 41.0 Å². The molecule has 0 N–H and O–H groups in total. The summed E-state index contributed by atoms with van der Waals surface area (Å²) in [5, 5.41) is 5.19. The third kappa shape index (κ3) is 5.58. The Morgan fingerprint density at radius 2 is 1.94 bits per heavy atom. The van der Waals surface area contributed by atoms with Gasteiger partial charge in [0.25, 0.3) is 0 Å². The van der Waals surface area contributed by atoms with Gasteiger partial charge in [0, 0.05) is 30.3 Å². The number of carbonyl (C=O) groups excluding carboxylic acids is 1. The van der Waals surface area contributed by atoms with Crippen LogP contribution in [0.5, 0.6) is 11.6 Å². The van der Waals surface area contributed by atoms with Crippen LogP contribution in [0.4, 0.5) is 0 Å². The molecule has 1 atom stereocenters. The minimum absolute atomic E-state index is 0.167. The quantitative estimate of drug-likeness (QED) is 0.265. The maximum Gasteiger partial charge on any atom is 0.309 e. The van der Waals surface area contributed by atoms with Crippen molar-refractivity contribution in [1.29, 1.82) is 0 Å². The summed E-state index contributed by atoms with van der Waals surface area (Å²) in [6, 6.07) is 15.3. The third-order valence-electron chi connectivity index (χ3n) is 5.77. The monoisotopic (exact) mass is 478 g/mol. The van der Waals surface area contributed by atoms with Crippen molar-refractivity contribution in [2.75, 3.05) is 20.8 Å². The van der Waals surface area contributed by atoms with Gasteiger partial charge in [-0.3, -0.25) is 4.79 Å².